The first-order valence-electron chi connectivity index (χ1n) is 7.18. The number of rotatable bonds is 7. The number of nitrogens with zero attached hydrogens (tertiary/aromatic N) is 1. The van der Waals surface area contributed by atoms with E-state index in [0.29, 0.717) is 17.8 Å². The van der Waals surface area contributed by atoms with E-state index >= 15 is 0 Å². The average molecular weight is 327 g/mol. The summed E-state index contributed by atoms with van der Waals surface area (Å²) in [6, 6.07) is 11.6. The van der Waals surface area contributed by atoms with Gasteiger partial charge in [-0.25, -0.2) is 5.48 Å². The molecule has 1 aromatic carbocycles. The van der Waals surface area contributed by atoms with Crippen LogP contribution in [0.2, 0.25) is 0 Å². The van der Waals surface area contributed by atoms with Crippen LogP contribution in [-0.2, 0) is 16.1 Å². The van der Waals surface area contributed by atoms with Crippen molar-refractivity contribution in [2.75, 3.05) is 0 Å². The van der Waals surface area contributed by atoms with E-state index in [4.69, 9.17) is 5.21 Å². The Hall–Kier alpha value is -3.03. The molecule has 0 bridgehead atoms. The van der Waals surface area contributed by atoms with Crippen molar-refractivity contribution in [2.45, 2.75) is 12.6 Å². The van der Waals surface area contributed by atoms with E-state index in [1.165, 1.54) is 11.6 Å². The summed E-state index contributed by atoms with van der Waals surface area (Å²) in [4.78, 5) is 26.4. The van der Waals surface area contributed by atoms with E-state index in [1.54, 1.807) is 42.6 Å². The van der Waals surface area contributed by atoms with Crippen LogP contribution in [0.1, 0.15) is 22.9 Å². The van der Waals surface area contributed by atoms with Crippen molar-refractivity contribution in [3.05, 3.63) is 71.6 Å². The number of hydrogen-bond donors (Lipinski definition) is 4. The number of aromatic nitrogens is 1. The summed E-state index contributed by atoms with van der Waals surface area (Å²) in [7, 11) is 0. The van der Waals surface area contributed by atoms with Crippen LogP contribution < -0.4 is 10.8 Å². The maximum atomic E-state index is 11.4. The highest BCUT2D eigenvalue weighted by Gasteiger charge is 2.18. The molecule has 0 saturated heterocycles. The summed E-state index contributed by atoms with van der Waals surface area (Å²) >= 11 is 0. The van der Waals surface area contributed by atoms with E-state index in [2.05, 4.69) is 10.3 Å². The molecule has 1 atom stereocenters. The fourth-order valence-corrected chi connectivity index (χ4v) is 2.05. The zero-order valence-electron chi connectivity index (χ0n) is 12.7. The molecule has 4 N–H and O–H groups in total. The minimum atomic E-state index is -0.955. The number of carboxylic acids is 1. The van der Waals surface area contributed by atoms with Crippen LogP contribution in [0.3, 0.4) is 0 Å². The molecule has 0 aliphatic carbocycles. The first kappa shape index (κ1) is 17.3. The molecular weight excluding hydrogens is 310 g/mol. The molecule has 2 aromatic rings. The molecule has 124 valence electrons. The number of carboxylic acid groups (broad SMARTS) is 1. The van der Waals surface area contributed by atoms with E-state index in [0.717, 1.165) is 11.6 Å². The second kappa shape index (κ2) is 8.56. The van der Waals surface area contributed by atoms with Gasteiger partial charge in [-0.15, -0.1) is 0 Å². The normalized spacial score (nSPS) is 12.0. The minimum Gasteiger partial charge on any atom is -0.480 e. The lowest BCUT2D eigenvalue weighted by Crippen LogP contribution is -2.28. The fourth-order valence-electron chi connectivity index (χ4n) is 2.05. The predicted molar refractivity (Wildman–Crippen MR) is 86.9 cm³/mol. The van der Waals surface area contributed by atoms with Gasteiger partial charge in [-0.2, -0.15) is 0 Å². The molecule has 1 heterocycles. The zero-order valence-corrected chi connectivity index (χ0v) is 12.7. The van der Waals surface area contributed by atoms with E-state index in [9.17, 15) is 14.7 Å². The summed E-state index contributed by atoms with van der Waals surface area (Å²) in [5, 5.41) is 20.7. The maximum Gasteiger partial charge on any atom is 0.325 e. The third-order valence-corrected chi connectivity index (χ3v) is 3.25. The van der Waals surface area contributed by atoms with Gasteiger partial charge in [-0.3, -0.25) is 25.1 Å². The van der Waals surface area contributed by atoms with Crippen molar-refractivity contribution in [1.82, 2.24) is 15.8 Å². The average Bonchev–Trinajstić information content (AvgIpc) is 2.61. The number of amides is 1. The summed E-state index contributed by atoms with van der Waals surface area (Å²) in [6.45, 7) is 0.333. The summed E-state index contributed by atoms with van der Waals surface area (Å²) < 4.78 is 0. The quantitative estimate of drug-likeness (QED) is 0.348. The van der Waals surface area contributed by atoms with Gasteiger partial charge in [0.2, 0.25) is 0 Å². The number of carbonyl (C=O) groups is 2. The Morgan fingerprint density at radius 2 is 1.92 bits per heavy atom. The van der Waals surface area contributed by atoms with Crippen molar-refractivity contribution in [3.8, 4) is 0 Å². The van der Waals surface area contributed by atoms with Crippen LogP contribution in [0, 0.1) is 0 Å². The van der Waals surface area contributed by atoms with Crippen molar-refractivity contribution >= 4 is 18.0 Å². The van der Waals surface area contributed by atoms with Crippen molar-refractivity contribution in [1.29, 1.82) is 0 Å². The van der Waals surface area contributed by atoms with Gasteiger partial charge in [0, 0.05) is 18.8 Å². The standard InChI is InChI=1S/C17H17N3O4/c21-15(20-24)9-8-14-7-6-12(10-18-14)11-19-16(17(22)23)13-4-2-1-3-5-13/h1-10,16,19,24H,11H2,(H,20,21)(H,22,23)/b9-8+. The molecule has 7 heteroatoms. The van der Waals surface area contributed by atoms with E-state index < -0.39 is 17.9 Å². The Bertz CT molecular complexity index is 714. The Labute approximate surface area is 138 Å². The van der Waals surface area contributed by atoms with Gasteiger partial charge < -0.3 is 5.11 Å². The molecule has 0 fully saturated rings. The van der Waals surface area contributed by atoms with Gasteiger partial charge in [0.05, 0.1) is 5.69 Å². The summed E-state index contributed by atoms with van der Waals surface area (Å²) in [5.74, 6) is -1.60. The molecule has 24 heavy (non-hydrogen) atoms. The largest absolute Gasteiger partial charge is 0.480 e. The third kappa shape index (κ3) is 5.01. The third-order valence-electron chi connectivity index (χ3n) is 3.25. The molecular formula is C17H17N3O4. The number of pyridine rings is 1. The molecule has 1 aromatic heterocycles. The Balaban J connectivity index is 1.99. The minimum absolute atomic E-state index is 0.333. The summed E-state index contributed by atoms with van der Waals surface area (Å²) in [6.07, 6.45) is 4.19. The molecule has 0 spiro atoms. The highest BCUT2D eigenvalue weighted by Crippen LogP contribution is 2.13. The smallest absolute Gasteiger partial charge is 0.325 e. The number of nitrogens with one attached hydrogen (secondary N) is 2. The van der Waals surface area contributed by atoms with Crippen LogP contribution >= 0.6 is 0 Å². The van der Waals surface area contributed by atoms with Crippen LogP contribution in [0.4, 0.5) is 0 Å². The SMILES string of the molecule is O=C(/C=C/c1ccc(CNC(C(=O)O)c2ccccc2)cn1)NO. The first-order chi connectivity index (χ1) is 11.6. The number of hydroxylamine groups is 1. The fraction of sp³-hybridized carbons (Fsp3) is 0.118. The topological polar surface area (TPSA) is 112 Å². The molecule has 0 saturated carbocycles. The van der Waals surface area contributed by atoms with Gasteiger partial charge in [0.25, 0.3) is 5.91 Å². The van der Waals surface area contributed by atoms with Crippen molar-refractivity contribution in [3.63, 3.8) is 0 Å². The van der Waals surface area contributed by atoms with E-state index in [1.807, 2.05) is 6.07 Å². The molecule has 0 radical (unpaired) electrons. The lowest BCUT2D eigenvalue weighted by atomic mass is 10.1. The molecule has 1 unspecified atom stereocenters. The molecule has 7 nitrogen and oxygen atoms in total. The highest BCUT2D eigenvalue weighted by atomic mass is 16.5. The number of hydrogen-bond acceptors (Lipinski definition) is 5. The Kier molecular flexibility index (Phi) is 6.18. The van der Waals surface area contributed by atoms with E-state index in [-0.39, 0.29) is 0 Å². The van der Waals surface area contributed by atoms with Crippen molar-refractivity contribution in [2.24, 2.45) is 0 Å². The second-order valence-corrected chi connectivity index (χ2v) is 4.96. The molecule has 1 amide bonds. The zero-order chi connectivity index (χ0) is 17.4. The lowest BCUT2D eigenvalue weighted by molar-refractivity contribution is -0.139. The monoisotopic (exact) mass is 327 g/mol. The van der Waals surface area contributed by atoms with Crippen LogP contribution in [0.15, 0.2) is 54.7 Å². The van der Waals surface area contributed by atoms with Gasteiger partial charge in [0.1, 0.15) is 6.04 Å². The van der Waals surface area contributed by atoms with Crippen LogP contribution in [-0.4, -0.2) is 27.2 Å². The molecule has 0 aliphatic rings. The highest BCUT2D eigenvalue weighted by molar-refractivity contribution is 5.90. The predicted octanol–water partition coefficient (Wildman–Crippen LogP) is 1.52. The van der Waals surface area contributed by atoms with Crippen LogP contribution in [0.25, 0.3) is 6.08 Å². The van der Waals surface area contributed by atoms with Gasteiger partial charge in [0.15, 0.2) is 0 Å². The van der Waals surface area contributed by atoms with Crippen molar-refractivity contribution < 1.29 is 19.9 Å². The molecule has 2 rings (SSSR count). The Morgan fingerprint density at radius 1 is 1.17 bits per heavy atom. The number of aliphatic carboxylic acids is 1. The lowest BCUT2D eigenvalue weighted by Gasteiger charge is -2.14. The van der Waals surface area contributed by atoms with Gasteiger partial charge in [-0.1, -0.05) is 36.4 Å². The Morgan fingerprint density at radius 3 is 2.50 bits per heavy atom. The van der Waals surface area contributed by atoms with Crippen LogP contribution in [0.5, 0.6) is 0 Å². The first-order valence-corrected chi connectivity index (χ1v) is 7.18. The number of benzene rings is 1. The van der Waals surface area contributed by atoms with Gasteiger partial charge in [-0.05, 0) is 23.3 Å². The molecule has 0 aliphatic heterocycles. The summed E-state index contributed by atoms with van der Waals surface area (Å²) in [5.41, 5.74) is 3.51. The number of carbonyl (C=O) groups excluding carboxylic acids is 1. The second-order valence-electron chi connectivity index (χ2n) is 4.96. The van der Waals surface area contributed by atoms with Gasteiger partial charge >= 0.3 is 5.97 Å². The maximum absolute atomic E-state index is 11.4.